The molecule has 9 aromatic rings. The van der Waals surface area contributed by atoms with Gasteiger partial charge in [0.2, 0.25) is 0 Å². The number of benzene rings is 8. The summed E-state index contributed by atoms with van der Waals surface area (Å²) in [6.07, 6.45) is 0. The maximum absolute atomic E-state index is 7.43. The molecule has 5 heteroatoms. The smallest absolute Gasteiger partial charge is 0.187 e. The van der Waals surface area contributed by atoms with Gasteiger partial charge >= 0.3 is 0 Å². The van der Waals surface area contributed by atoms with Crippen LogP contribution in [0.5, 0.6) is 0 Å². The molecular weight excluding hydrogens is 671 g/mol. The minimum Gasteiger partial charge on any atom is -0.311 e. The molecule has 9 rings (SSSR count). The van der Waals surface area contributed by atoms with Crippen LogP contribution in [-0.2, 0) is 0 Å². The number of nitrogens with zero attached hydrogens (tertiary/aromatic N) is 5. The van der Waals surface area contributed by atoms with Crippen LogP contribution in [0.2, 0.25) is 0 Å². The molecule has 0 aliphatic carbocycles. The number of anilines is 6. The van der Waals surface area contributed by atoms with Crippen LogP contribution in [0.4, 0.5) is 45.5 Å². The van der Waals surface area contributed by atoms with Crippen molar-refractivity contribution in [1.29, 1.82) is 0 Å². The van der Waals surface area contributed by atoms with E-state index >= 15 is 0 Å². The zero-order valence-corrected chi connectivity index (χ0v) is 29.8. The number of aromatic nitrogens is 1. The van der Waals surface area contributed by atoms with Gasteiger partial charge in [0.15, 0.2) is 11.4 Å². The van der Waals surface area contributed by atoms with Gasteiger partial charge in [0.05, 0.1) is 24.2 Å². The van der Waals surface area contributed by atoms with Gasteiger partial charge in [-0.1, -0.05) is 103 Å². The van der Waals surface area contributed by atoms with Gasteiger partial charge in [-0.25, -0.2) is 9.69 Å². The molecule has 8 aromatic carbocycles. The first-order valence-corrected chi connectivity index (χ1v) is 18.1. The van der Waals surface area contributed by atoms with Crippen LogP contribution in [0.15, 0.2) is 200 Å². The van der Waals surface area contributed by atoms with Gasteiger partial charge in [0, 0.05) is 50.6 Å². The van der Waals surface area contributed by atoms with Crippen molar-refractivity contribution in [3.05, 3.63) is 223 Å². The molecule has 0 unspecified atom stereocenters. The quantitative estimate of drug-likeness (QED) is 0.147. The summed E-state index contributed by atoms with van der Waals surface area (Å²) >= 11 is 0. The van der Waals surface area contributed by atoms with E-state index in [2.05, 4.69) is 164 Å². The molecule has 1 aromatic heterocycles. The Labute approximate surface area is 320 Å². The van der Waals surface area contributed by atoms with Crippen LogP contribution >= 0.6 is 0 Å². The Bertz CT molecular complexity index is 2750. The minimum absolute atomic E-state index is 0.588. The molecule has 0 radical (unpaired) electrons. The summed E-state index contributed by atoms with van der Waals surface area (Å²) in [5.41, 5.74) is 13.0. The molecule has 0 N–H and O–H groups in total. The zero-order valence-electron chi connectivity index (χ0n) is 29.8. The maximum Gasteiger partial charge on any atom is 0.187 e. The lowest BCUT2D eigenvalue weighted by Crippen LogP contribution is -2.09. The summed E-state index contributed by atoms with van der Waals surface area (Å²) in [6.45, 7) is 14.9. The van der Waals surface area contributed by atoms with Gasteiger partial charge in [0.1, 0.15) is 0 Å². The van der Waals surface area contributed by atoms with E-state index in [4.69, 9.17) is 13.1 Å². The molecule has 0 fully saturated rings. The van der Waals surface area contributed by atoms with Crippen molar-refractivity contribution in [2.24, 2.45) is 0 Å². The third-order valence-corrected chi connectivity index (χ3v) is 10.0. The normalized spacial score (nSPS) is 10.9. The lowest BCUT2D eigenvalue weighted by Gasteiger charge is -2.26. The van der Waals surface area contributed by atoms with Crippen molar-refractivity contribution < 1.29 is 0 Å². The highest BCUT2D eigenvalue weighted by Crippen LogP contribution is 2.42. The van der Waals surface area contributed by atoms with E-state index in [0.29, 0.717) is 11.4 Å². The summed E-state index contributed by atoms with van der Waals surface area (Å²) in [5.74, 6) is 0. The molecule has 0 aliphatic rings. The summed E-state index contributed by atoms with van der Waals surface area (Å²) < 4.78 is 2.35. The van der Waals surface area contributed by atoms with Crippen LogP contribution < -0.4 is 9.80 Å². The number of rotatable bonds is 8. The van der Waals surface area contributed by atoms with Crippen molar-refractivity contribution in [3.8, 4) is 16.8 Å². The molecule has 0 aliphatic heterocycles. The predicted octanol–water partition coefficient (Wildman–Crippen LogP) is 14.5. The van der Waals surface area contributed by atoms with Gasteiger partial charge in [-0.15, -0.1) is 0 Å². The standard InChI is InChI=1S/C50H33N5/c1-51-37-22-28-42(29-23-37)54(43-30-24-38(52-2)25-31-43)44-32-34-45(35-33-44)55-48-18-10-9-16-47(48)50-46(17-11-19-49(50)55)36-20-26-41(27-21-36)53(39-12-5-3-6-13-39)40-14-7-4-8-15-40/h3-35H. The lowest BCUT2D eigenvalue weighted by atomic mass is 9.99. The maximum atomic E-state index is 7.43. The van der Waals surface area contributed by atoms with Gasteiger partial charge in [-0.3, -0.25) is 0 Å². The number of hydrogen-bond donors (Lipinski definition) is 0. The highest BCUT2D eigenvalue weighted by molar-refractivity contribution is 6.15. The predicted molar refractivity (Wildman–Crippen MR) is 228 cm³/mol. The summed E-state index contributed by atoms with van der Waals surface area (Å²) in [4.78, 5) is 11.6. The topological polar surface area (TPSA) is 20.1 Å². The molecule has 0 saturated carbocycles. The number of para-hydroxylation sites is 3. The molecule has 258 valence electrons. The monoisotopic (exact) mass is 703 g/mol. The molecule has 0 saturated heterocycles. The second-order valence-electron chi connectivity index (χ2n) is 13.2. The van der Waals surface area contributed by atoms with E-state index in [1.165, 1.54) is 16.3 Å². The Balaban J connectivity index is 1.12. The van der Waals surface area contributed by atoms with E-state index in [0.717, 1.165) is 56.4 Å². The molecule has 1 heterocycles. The SMILES string of the molecule is [C-]#[N+]c1ccc(N(c2ccc([N+]#[C-])cc2)c2ccc(-n3c4ccccc4c4c(-c5ccc(N(c6ccccc6)c6ccccc6)cc5)cccc43)cc2)cc1. The molecule has 0 bridgehead atoms. The largest absolute Gasteiger partial charge is 0.311 e. The first kappa shape index (κ1) is 33.0. The Morgan fingerprint density at radius 1 is 0.364 bits per heavy atom. The third-order valence-electron chi connectivity index (χ3n) is 10.0. The summed E-state index contributed by atoms with van der Waals surface area (Å²) in [7, 11) is 0. The van der Waals surface area contributed by atoms with Gasteiger partial charge in [0.25, 0.3) is 0 Å². The van der Waals surface area contributed by atoms with Crippen LogP contribution in [0, 0.1) is 13.1 Å². The number of fused-ring (bicyclic) bond motifs is 3. The lowest BCUT2D eigenvalue weighted by molar-refractivity contribution is 1.17. The minimum atomic E-state index is 0.588. The van der Waals surface area contributed by atoms with E-state index < -0.39 is 0 Å². The Hall–Kier alpha value is -7.86. The fourth-order valence-electron chi connectivity index (χ4n) is 7.48. The Morgan fingerprint density at radius 3 is 1.29 bits per heavy atom. The first-order chi connectivity index (χ1) is 27.2. The van der Waals surface area contributed by atoms with Crippen molar-refractivity contribution in [3.63, 3.8) is 0 Å². The molecule has 0 spiro atoms. The van der Waals surface area contributed by atoms with Crippen LogP contribution in [0.25, 0.3) is 48.3 Å². The van der Waals surface area contributed by atoms with Crippen LogP contribution in [0.3, 0.4) is 0 Å². The highest BCUT2D eigenvalue weighted by atomic mass is 15.1. The second kappa shape index (κ2) is 14.3. The number of hydrogen-bond acceptors (Lipinski definition) is 2. The summed E-state index contributed by atoms with van der Waals surface area (Å²) in [5, 5.41) is 2.40. The first-order valence-electron chi connectivity index (χ1n) is 18.1. The Morgan fingerprint density at radius 2 is 0.782 bits per heavy atom. The van der Waals surface area contributed by atoms with Crippen molar-refractivity contribution in [1.82, 2.24) is 4.57 Å². The van der Waals surface area contributed by atoms with Crippen molar-refractivity contribution >= 4 is 67.3 Å². The molecular formula is C50H33N5. The fraction of sp³-hybridized carbons (Fsp3) is 0. The second-order valence-corrected chi connectivity index (χ2v) is 13.2. The van der Waals surface area contributed by atoms with Crippen molar-refractivity contribution in [2.45, 2.75) is 0 Å². The van der Waals surface area contributed by atoms with E-state index in [9.17, 15) is 0 Å². The van der Waals surface area contributed by atoms with Gasteiger partial charge in [-0.05, 0) is 108 Å². The fourth-order valence-corrected chi connectivity index (χ4v) is 7.48. The Kier molecular flexibility index (Phi) is 8.57. The van der Waals surface area contributed by atoms with Crippen molar-refractivity contribution in [2.75, 3.05) is 9.80 Å². The van der Waals surface area contributed by atoms with Gasteiger partial charge < -0.3 is 14.4 Å². The molecule has 0 atom stereocenters. The van der Waals surface area contributed by atoms with Crippen LogP contribution in [0.1, 0.15) is 0 Å². The molecule has 0 amide bonds. The van der Waals surface area contributed by atoms with E-state index in [1.54, 1.807) is 0 Å². The average molecular weight is 704 g/mol. The van der Waals surface area contributed by atoms with Gasteiger partial charge in [-0.2, -0.15) is 0 Å². The average Bonchev–Trinajstić information content (AvgIpc) is 3.60. The van der Waals surface area contributed by atoms with E-state index in [1.807, 2.05) is 60.7 Å². The van der Waals surface area contributed by atoms with E-state index in [-0.39, 0.29) is 0 Å². The third kappa shape index (κ3) is 6.13. The zero-order chi connectivity index (χ0) is 37.1. The molecule has 5 nitrogen and oxygen atoms in total. The molecule has 55 heavy (non-hydrogen) atoms. The summed E-state index contributed by atoms with van der Waals surface area (Å²) in [6, 6.07) is 68.8. The highest BCUT2D eigenvalue weighted by Gasteiger charge is 2.18. The van der Waals surface area contributed by atoms with Crippen LogP contribution in [-0.4, -0.2) is 4.57 Å².